The number of methoxy groups -OCH3 is 1. The maximum Gasteiger partial charge on any atom is 0.410 e. The van der Waals surface area contributed by atoms with Crippen LogP contribution in [0.3, 0.4) is 0 Å². The van der Waals surface area contributed by atoms with Crippen LogP contribution in [0.25, 0.3) is 0 Å². The minimum atomic E-state index is -0.443. The monoisotopic (exact) mass is 308 g/mol. The van der Waals surface area contributed by atoms with E-state index in [9.17, 15) is 9.59 Å². The van der Waals surface area contributed by atoms with Crippen molar-refractivity contribution in [2.45, 2.75) is 26.4 Å². The highest BCUT2D eigenvalue weighted by atomic mass is 16.6. The molecule has 0 bridgehead atoms. The molecular weight excluding hydrogens is 284 g/mol. The molecule has 0 aromatic carbocycles. The normalized spacial score (nSPS) is 20.3. The lowest BCUT2D eigenvalue weighted by atomic mass is 9.73. The molecule has 2 aliphatic heterocycles. The van der Waals surface area contributed by atoms with Gasteiger partial charge in [0.15, 0.2) is 5.94 Å². The molecule has 2 aliphatic rings. The average Bonchev–Trinajstić information content (AvgIpc) is 2.32. The molecule has 2 rings (SSSR count). The van der Waals surface area contributed by atoms with Gasteiger partial charge in [-0.1, -0.05) is 6.08 Å². The lowest BCUT2D eigenvalue weighted by Crippen LogP contribution is -2.73. The summed E-state index contributed by atoms with van der Waals surface area (Å²) in [6.45, 7) is 9.84. The Bertz CT molecular complexity index is 501. The van der Waals surface area contributed by atoms with E-state index in [1.807, 2.05) is 26.8 Å². The van der Waals surface area contributed by atoms with Crippen LogP contribution in [-0.4, -0.2) is 67.3 Å². The molecule has 0 aromatic rings. The van der Waals surface area contributed by atoms with Gasteiger partial charge in [-0.05, 0) is 26.8 Å². The Morgan fingerprint density at radius 2 is 1.91 bits per heavy atom. The van der Waals surface area contributed by atoms with E-state index in [2.05, 4.69) is 4.90 Å². The van der Waals surface area contributed by atoms with Gasteiger partial charge in [-0.3, -0.25) is 4.90 Å². The zero-order chi connectivity index (χ0) is 16.4. The standard InChI is InChI=1S/C16H24N2O4/c1-15(2,3)22-14(20)18-11-16(12-18)9-17(10-16)7-5-6-13(8-19)21-4/h5-6H,7,9-12H2,1-4H3/b6-5+. The van der Waals surface area contributed by atoms with Gasteiger partial charge in [0.05, 0.1) is 7.11 Å². The summed E-state index contributed by atoms with van der Waals surface area (Å²) in [6, 6.07) is 0. The first kappa shape index (κ1) is 16.6. The molecule has 2 fully saturated rings. The van der Waals surface area contributed by atoms with Crippen molar-refractivity contribution < 1.29 is 19.1 Å². The summed E-state index contributed by atoms with van der Waals surface area (Å²) in [4.78, 5) is 26.4. The molecule has 6 nitrogen and oxygen atoms in total. The van der Waals surface area contributed by atoms with E-state index in [0.717, 1.165) is 32.7 Å². The summed E-state index contributed by atoms with van der Waals surface area (Å²) < 4.78 is 10.2. The van der Waals surface area contributed by atoms with Crippen molar-refractivity contribution in [3.8, 4) is 0 Å². The number of rotatable bonds is 4. The number of ether oxygens (including phenoxy) is 2. The van der Waals surface area contributed by atoms with Crippen LogP contribution in [0.4, 0.5) is 4.79 Å². The minimum absolute atomic E-state index is 0.204. The number of carbonyl (C=O) groups excluding carboxylic acids is 2. The van der Waals surface area contributed by atoms with E-state index in [-0.39, 0.29) is 17.3 Å². The SMILES string of the molecule is COC(=C=O)/C=C/CN1CC2(C1)CN(C(=O)OC(C)(C)C)C2. The van der Waals surface area contributed by atoms with Crippen LogP contribution in [0, 0.1) is 5.41 Å². The largest absolute Gasteiger partial charge is 0.487 e. The van der Waals surface area contributed by atoms with Gasteiger partial charge in [-0.25, -0.2) is 9.59 Å². The Labute approximate surface area is 131 Å². The second-order valence-electron chi connectivity index (χ2n) is 7.08. The highest BCUT2D eigenvalue weighted by Gasteiger charge is 2.53. The molecular formula is C16H24N2O4. The van der Waals surface area contributed by atoms with Crippen LogP contribution in [0.5, 0.6) is 0 Å². The van der Waals surface area contributed by atoms with Crippen LogP contribution >= 0.6 is 0 Å². The number of likely N-dealkylation sites (tertiary alicyclic amines) is 2. The van der Waals surface area contributed by atoms with Crippen LogP contribution in [-0.2, 0) is 14.3 Å². The van der Waals surface area contributed by atoms with E-state index in [1.165, 1.54) is 7.11 Å². The number of hydrogen-bond acceptors (Lipinski definition) is 5. The van der Waals surface area contributed by atoms with Gasteiger partial charge in [0.25, 0.3) is 0 Å². The van der Waals surface area contributed by atoms with E-state index in [0.29, 0.717) is 0 Å². The fourth-order valence-electron chi connectivity index (χ4n) is 2.90. The van der Waals surface area contributed by atoms with Crippen molar-refractivity contribution in [2.24, 2.45) is 5.41 Å². The zero-order valence-corrected chi connectivity index (χ0v) is 13.7. The first-order valence-corrected chi connectivity index (χ1v) is 7.43. The molecule has 0 aliphatic carbocycles. The Morgan fingerprint density at radius 3 is 2.41 bits per heavy atom. The van der Waals surface area contributed by atoms with E-state index in [4.69, 9.17) is 9.47 Å². The number of hydrogen-bond donors (Lipinski definition) is 0. The van der Waals surface area contributed by atoms with E-state index in [1.54, 1.807) is 16.9 Å². The third-order valence-electron chi connectivity index (χ3n) is 3.78. The van der Waals surface area contributed by atoms with Gasteiger partial charge in [-0.2, -0.15) is 0 Å². The Hall–Kier alpha value is -1.78. The van der Waals surface area contributed by atoms with Gasteiger partial charge in [0, 0.05) is 38.1 Å². The quantitative estimate of drug-likeness (QED) is 0.447. The first-order chi connectivity index (χ1) is 10.3. The highest BCUT2D eigenvalue weighted by molar-refractivity contribution is 5.69. The molecule has 122 valence electrons. The fourth-order valence-corrected chi connectivity index (χ4v) is 2.90. The lowest BCUT2D eigenvalue weighted by molar-refractivity contribution is -0.108. The minimum Gasteiger partial charge on any atom is -0.487 e. The van der Waals surface area contributed by atoms with Crippen molar-refractivity contribution >= 4 is 12.0 Å². The molecule has 22 heavy (non-hydrogen) atoms. The number of nitrogens with zero attached hydrogens (tertiary/aromatic N) is 2. The Morgan fingerprint density at radius 1 is 1.27 bits per heavy atom. The number of allylic oxidation sites excluding steroid dienone is 1. The van der Waals surface area contributed by atoms with Crippen molar-refractivity contribution in [1.82, 2.24) is 9.80 Å². The lowest BCUT2D eigenvalue weighted by Gasteiger charge is -2.59. The fraction of sp³-hybridized carbons (Fsp3) is 0.688. The average molecular weight is 308 g/mol. The van der Waals surface area contributed by atoms with Crippen LogP contribution in [0.2, 0.25) is 0 Å². The molecule has 1 amide bonds. The van der Waals surface area contributed by atoms with Crippen molar-refractivity contribution in [3.05, 3.63) is 17.9 Å². The van der Waals surface area contributed by atoms with Gasteiger partial charge in [0.2, 0.25) is 5.76 Å². The van der Waals surface area contributed by atoms with Crippen molar-refractivity contribution in [3.63, 3.8) is 0 Å². The summed E-state index contributed by atoms with van der Waals surface area (Å²) in [7, 11) is 1.45. The van der Waals surface area contributed by atoms with Crippen LogP contribution in [0.15, 0.2) is 17.9 Å². The molecule has 0 saturated carbocycles. The van der Waals surface area contributed by atoms with E-state index < -0.39 is 5.60 Å². The van der Waals surface area contributed by atoms with Crippen molar-refractivity contribution in [2.75, 3.05) is 39.8 Å². The summed E-state index contributed by atoms with van der Waals surface area (Å²) in [5.74, 6) is 1.92. The summed E-state index contributed by atoms with van der Waals surface area (Å²) >= 11 is 0. The second-order valence-corrected chi connectivity index (χ2v) is 7.08. The topological polar surface area (TPSA) is 59.1 Å². The third-order valence-corrected chi connectivity index (χ3v) is 3.78. The summed E-state index contributed by atoms with van der Waals surface area (Å²) in [5.41, 5.74) is -0.212. The molecule has 0 radical (unpaired) electrons. The zero-order valence-electron chi connectivity index (χ0n) is 13.7. The molecule has 1 spiro atoms. The Kier molecular flexibility index (Phi) is 4.63. The molecule has 0 N–H and O–H groups in total. The van der Waals surface area contributed by atoms with Crippen LogP contribution < -0.4 is 0 Å². The maximum absolute atomic E-state index is 11.9. The van der Waals surface area contributed by atoms with Crippen LogP contribution in [0.1, 0.15) is 20.8 Å². The predicted octanol–water partition coefficient (Wildman–Crippen LogP) is 1.46. The van der Waals surface area contributed by atoms with Crippen molar-refractivity contribution in [1.29, 1.82) is 0 Å². The molecule has 2 heterocycles. The molecule has 2 saturated heterocycles. The maximum atomic E-state index is 11.9. The molecule has 0 unspecified atom stereocenters. The van der Waals surface area contributed by atoms with E-state index >= 15 is 0 Å². The first-order valence-electron chi connectivity index (χ1n) is 7.43. The van der Waals surface area contributed by atoms with Gasteiger partial charge in [-0.15, -0.1) is 0 Å². The number of amides is 1. The van der Waals surface area contributed by atoms with Gasteiger partial charge < -0.3 is 14.4 Å². The molecule has 0 aromatic heterocycles. The molecule has 6 heteroatoms. The predicted molar refractivity (Wildman–Crippen MR) is 82.0 cm³/mol. The smallest absolute Gasteiger partial charge is 0.410 e. The highest BCUT2D eigenvalue weighted by Crippen LogP contribution is 2.39. The van der Waals surface area contributed by atoms with Gasteiger partial charge in [0.1, 0.15) is 5.60 Å². The number of carbonyl (C=O) groups is 1. The van der Waals surface area contributed by atoms with Gasteiger partial charge >= 0.3 is 6.09 Å². The summed E-state index contributed by atoms with van der Waals surface area (Å²) in [6.07, 6.45) is 3.30. The Balaban J connectivity index is 1.68. The summed E-state index contributed by atoms with van der Waals surface area (Å²) in [5, 5.41) is 0. The molecule has 0 atom stereocenters. The third kappa shape index (κ3) is 3.90. The second kappa shape index (κ2) is 6.15.